The van der Waals surface area contributed by atoms with E-state index >= 15 is 0 Å². The van der Waals surface area contributed by atoms with Crippen LogP contribution in [0.2, 0.25) is 5.02 Å². The van der Waals surface area contributed by atoms with Gasteiger partial charge in [0.15, 0.2) is 5.78 Å². The SMILES string of the molecule is COc1ccc([C@H]2CC(=O)[C@@H]([C@@H]3NCCc4ccccc43)C(=O)[C@@H]2c2ncc(C(F)(F)F)cc2Cl)cc1. The van der Waals surface area contributed by atoms with Crippen molar-refractivity contribution in [3.63, 3.8) is 0 Å². The largest absolute Gasteiger partial charge is 0.497 e. The van der Waals surface area contributed by atoms with Crippen molar-refractivity contribution < 1.29 is 27.5 Å². The van der Waals surface area contributed by atoms with Crippen LogP contribution in [0.1, 0.15) is 52.2 Å². The van der Waals surface area contributed by atoms with Gasteiger partial charge in [-0.15, -0.1) is 0 Å². The lowest BCUT2D eigenvalue weighted by Gasteiger charge is -2.39. The molecule has 0 amide bonds. The van der Waals surface area contributed by atoms with E-state index in [0.29, 0.717) is 24.1 Å². The van der Waals surface area contributed by atoms with E-state index in [2.05, 4.69) is 10.3 Å². The van der Waals surface area contributed by atoms with Crippen molar-refractivity contribution in [2.45, 2.75) is 36.9 Å². The van der Waals surface area contributed by atoms with Gasteiger partial charge in [-0.2, -0.15) is 13.2 Å². The maximum Gasteiger partial charge on any atom is 0.417 e. The highest BCUT2D eigenvalue weighted by molar-refractivity contribution is 6.31. The second-order valence-electron chi connectivity index (χ2n) is 9.38. The molecule has 1 saturated carbocycles. The first-order valence-corrected chi connectivity index (χ1v) is 12.3. The molecule has 2 heterocycles. The Balaban J connectivity index is 1.60. The van der Waals surface area contributed by atoms with Crippen molar-refractivity contribution in [1.29, 1.82) is 0 Å². The summed E-state index contributed by atoms with van der Waals surface area (Å²) in [4.78, 5) is 31.8. The number of alkyl halides is 3. The fourth-order valence-corrected chi connectivity index (χ4v) is 5.80. The maximum atomic E-state index is 14.2. The van der Waals surface area contributed by atoms with Crippen molar-refractivity contribution in [2.24, 2.45) is 5.92 Å². The summed E-state index contributed by atoms with van der Waals surface area (Å²) in [6.07, 6.45) is -3.15. The van der Waals surface area contributed by atoms with Crippen molar-refractivity contribution in [2.75, 3.05) is 13.7 Å². The second kappa shape index (κ2) is 9.91. The number of methoxy groups -OCH3 is 1. The fourth-order valence-electron chi connectivity index (χ4n) is 5.52. The van der Waals surface area contributed by atoms with Gasteiger partial charge < -0.3 is 10.1 Å². The summed E-state index contributed by atoms with van der Waals surface area (Å²) in [6, 6.07) is 14.9. The summed E-state index contributed by atoms with van der Waals surface area (Å²) >= 11 is 6.35. The van der Waals surface area contributed by atoms with Crippen LogP contribution in [0.3, 0.4) is 0 Å². The number of rotatable bonds is 4. The summed E-state index contributed by atoms with van der Waals surface area (Å²) < 4.78 is 45.1. The van der Waals surface area contributed by atoms with Gasteiger partial charge in [-0.3, -0.25) is 14.6 Å². The fraction of sp³-hybridized carbons (Fsp3) is 0.321. The Labute approximate surface area is 217 Å². The van der Waals surface area contributed by atoms with E-state index in [9.17, 15) is 22.8 Å². The van der Waals surface area contributed by atoms with Gasteiger partial charge in [0.25, 0.3) is 0 Å². The summed E-state index contributed by atoms with van der Waals surface area (Å²) in [5, 5.41) is 3.08. The Morgan fingerprint density at radius 2 is 1.78 bits per heavy atom. The van der Waals surface area contributed by atoms with Crippen molar-refractivity contribution in [3.05, 3.63) is 93.8 Å². The number of carbonyl (C=O) groups excluding carboxylic acids is 2. The lowest BCUT2D eigenvalue weighted by Crippen LogP contribution is -2.47. The minimum absolute atomic E-state index is 0.0206. The van der Waals surface area contributed by atoms with Gasteiger partial charge in [0.2, 0.25) is 0 Å². The lowest BCUT2D eigenvalue weighted by atomic mass is 9.65. The summed E-state index contributed by atoms with van der Waals surface area (Å²) in [5.41, 5.74) is 1.67. The molecule has 2 aliphatic rings. The van der Waals surface area contributed by atoms with Gasteiger partial charge in [-0.25, -0.2) is 0 Å². The molecule has 1 N–H and O–H groups in total. The number of nitrogens with zero attached hydrogens (tertiary/aromatic N) is 1. The molecule has 4 atom stereocenters. The van der Waals surface area contributed by atoms with Gasteiger partial charge in [0, 0.05) is 24.6 Å². The number of pyridine rings is 1. The standard InChI is InChI=1S/C28H24ClF3N2O3/c1-37-18-8-6-16(7-9-18)20-13-22(35)24(25-19-5-3-2-4-15(19)10-11-33-25)27(36)23(20)26-21(29)12-17(14-34-26)28(30,31)32/h2-9,12,14,20,23-25,33H,10-11,13H2,1H3/t20-,23+,24+,25-/m1/s1. The van der Waals surface area contributed by atoms with Crippen molar-refractivity contribution in [3.8, 4) is 5.75 Å². The predicted molar refractivity (Wildman–Crippen MR) is 132 cm³/mol. The number of carbonyl (C=O) groups is 2. The van der Waals surface area contributed by atoms with Crippen molar-refractivity contribution >= 4 is 23.2 Å². The molecule has 9 heteroatoms. The Bertz CT molecular complexity index is 1340. The smallest absolute Gasteiger partial charge is 0.417 e. The quantitative estimate of drug-likeness (QED) is 0.442. The lowest BCUT2D eigenvalue weighted by molar-refractivity contribution is -0.139. The number of nitrogens with one attached hydrogen (secondary N) is 1. The van der Waals surface area contributed by atoms with Gasteiger partial charge >= 0.3 is 6.18 Å². The zero-order chi connectivity index (χ0) is 26.3. The van der Waals surface area contributed by atoms with Crippen LogP contribution in [-0.4, -0.2) is 30.2 Å². The highest BCUT2D eigenvalue weighted by atomic mass is 35.5. The number of hydrogen-bond donors (Lipinski definition) is 1. The number of fused-ring (bicyclic) bond motifs is 1. The first-order valence-electron chi connectivity index (χ1n) is 11.9. The van der Waals surface area contributed by atoms with E-state index in [0.717, 1.165) is 23.6 Å². The molecule has 5 rings (SSSR count). The van der Waals surface area contributed by atoms with E-state index < -0.39 is 41.3 Å². The summed E-state index contributed by atoms with van der Waals surface area (Å²) in [5.74, 6) is -2.68. The monoisotopic (exact) mass is 528 g/mol. The minimum atomic E-state index is -4.63. The minimum Gasteiger partial charge on any atom is -0.497 e. The molecular weight excluding hydrogens is 505 g/mol. The second-order valence-corrected chi connectivity index (χ2v) is 9.78. The number of halogens is 4. The maximum absolute atomic E-state index is 14.2. The number of benzene rings is 2. The first kappa shape index (κ1) is 25.4. The number of ether oxygens (including phenoxy) is 1. The van der Waals surface area contributed by atoms with E-state index in [4.69, 9.17) is 16.3 Å². The van der Waals surface area contributed by atoms with Crippen LogP contribution < -0.4 is 10.1 Å². The molecule has 1 aromatic heterocycles. The van der Waals surface area contributed by atoms with E-state index in [1.54, 1.807) is 24.3 Å². The van der Waals surface area contributed by atoms with Crippen LogP contribution in [0.4, 0.5) is 13.2 Å². The van der Waals surface area contributed by atoms with E-state index in [1.807, 2.05) is 24.3 Å². The molecule has 0 saturated heterocycles. The third kappa shape index (κ3) is 4.76. The number of ketones is 2. The molecule has 1 fully saturated rings. The van der Waals surface area contributed by atoms with E-state index in [-0.39, 0.29) is 22.9 Å². The normalized spacial score (nSPS) is 24.0. The molecule has 0 radical (unpaired) electrons. The Morgan fingerprint density at radius 1 is 1.05 bits per heavy atom. The highest BCUT2D eigenvalue weighted by Gasteiger charge is 2.50. The molecule has 5 nitrogen and oxygen atoms in total. The average molecular weight is 529 g/mol. The van der Waals surface area contributed by atoms with Crippen molar-refractivity contribution in [1.82, 2.24) is 10.3 Å². The zero-order valence-corrected chi connectivity index (χ0v) is 20.6. The first-order chi connectivity index (χ1) is 17.7. The van der Waals surface area contributed by atoms with Crippen LogP contribution in [0, 0.1) is 5.92 Å². The molecule has 3 aromatic rings. The topological polar surface area (TPSA) is 68.3 Å². The molecule has 2 aromatic carbocycles. The number of aromatic nitrogens is 1. The molecule has 37 heavy (non-hydrogen) atoms. The van der Waals surface area contributed by atoms with Crippen LogP contribution in [-0.2, 0) is 22.2 Å². The molecule has 1 aliphatic heterocycles. The van der Waals surface area contributed by atoms with Gasteiger partial charge in [0.1, 0.15) is 11.5 Å². The highest BCUT2D eigenvalue weighted by Crippen LogP contribution is 2.48. The molecule has 0 bridgehead atoms. The van der Waals surface area contributed by atoms with Gasteiger partial charge in [-0.1, -0.05) is 48.0 Å². The Kier molecular flexibility index (Phi) is 6.81. The van der Waals surface area contributed by atoms with Crippen LogP contribution in [0.5, 0.6) is 5.75 Å². The Hall–Kier alpha value is -3.23. The summed E-state index contributed by atoms with van der Waals surface area (Å²) in [6.45, 7) is 0.602. The van der Waals surface area contributed by atoms with Crippen LogP contribution in [0.15, 0.2) is 60.8 Å². The van der Waals surface area contributed by atoms with E-state index in [1.165, 1.54) is 7.11 Å². The van der Waals surface area contributed by atoms with Gasteiger partial charge in [-0.05, 0) is 47.9 Å². The average Bonchev–Trinajstić information content (AvgIpc) is 2.88. The van der Waals surface area contributed by atoms with Crippen LogP contribution >= 0.6 is 11.6 Å². The Morgan fingerprint density at radius 3 is 2.46 bits per heavy atom. The zero-order valence-electron chi connectivity index (χ0n) is 19.9. The molecular formula is C28H24ClF3N2O3. The predicted octanol–water partition coefficient (Wildman–Crippen LogP) is 5.67. The summed E-state index contributed by atoms with van der Waals surface area (Å²) in [7, 11) is 1.52. The molecule has 192 valence electrons. The van der Waals surface area contributed by atoms with Gasteiger partial charge in [0.05, 0.1) is 35.2 Å². The molecule has 1 aliphatic carbocycles. The number of Topliss-reactive ketones (excluding diaryl/α,β-unsaturated/α-hetero) is 2. The molecule has 0 unspecified atom stereocenters. The third-order valence-corrected chi connectivity index (χ3v) is 7.60. The van der Waals surface area contributed by atoms with Crippen LogP contribution in [0.25, 0.3) is 0 Å². The number of hydrogen-bond acceptors (Lipinski definition) is 5. The third-order valence-electron chi connectivity index (χ3n) is 7.30. The molecule has 0 spiro atoms.